The number of imidazole rings is 1. The van der Waals surface area contributed by atoms with E-state index in [9.17, 15) is 10.1 Å². The van der Waals surface area contributed by atoms with Crippen molar-refractivity contribution in [3.8, 4) is 0 Å². The Hall–Kier alpha value is -2.04. The highest BCUT2D eigenvalue weighted by Gasteiger charge is 2.16. The summed E-state index contributed by atoms with van der Waals surface area (Å²) in [4.78, 5) is 24.4. The quantitative estimate of drug-likeness (QED) is 0.144. The molecule has 0 fully saturated rings. The summed E-state index contributed by atoms with van der Waals surface area (Å²) in [6.07, 6.45) is 7.97. The highest BCUT2D eigenvalue weighted by molar-refractivity contribution is 7.99. The monoisotopic (exact) mass is 475 g/mol. The highest BCUT2D eigenvalue weighted by Crippen LogP contribution is 2.22. The Morgan fingerprint density at radius 3 is 2.65 bits per heavy atom. The molecule has 0 saturated carbocycles. The molecule has 0 aliphatic rings. The summed E-state index contributed by atoms with van der Waals surface area (Å²) in [6.45, 7) is 2.42. The number of nitro groups is 1. The second-order valence-corrected chi connectivity index (χ2v) is 10.1. The molecule has 3 rings (SSSR count). The molecule has 0 N–H and O–H groups in total. The van der Waals surface area contributed by atoms with Crippen LogP contribution in [0.4, 0.5) is 5.82 Å². The molecule has 0 atom stereocenters. The number of rotatable bonds is 13. The van der Waals surface area contributed by atoms with E-state index in [-0.39, 0.29) is 10.7 Å². The van der Waals surface area contributed by atoms with Gasteiger partial charge in [-0.1, -0.05) is 0 Å². The van der Waals surface area contributed by atoms with Gasteiger partial charge >= 0.3 is 5.82 Å². The molecule has 0 bridgehead atoms. The second-order valence-electron chi connectivity index (χ2n) is 6.72. The maximum Gasteiger partial charge on any atom is 0.342 e. The fourth-order valence-electron chi connectivity index (χ4n) is 2.88. The Morgan fingerprint density at radius 2 is 1.84 bits per heavy atom. The number of hydrogen-bond donors (Lipinski definition) is 0. The Kier molecular flexibility index (Phi) is 9.70. The van der Waals surface area contributed by atoms with E-state index >= 15 is 0 Å². The third kappa shape index (κ3) is 7.86. The minimum absolute atomic E-state index is 0.0737. The van der Waals surface area contributed by atoms with Crippen LogP contribution in [0, 0.1) is 17.0 Å². The standard InChI is InChI=1S/C21H25N5O2S3/c1-17-24-14-21(26(27)28)25(17)9-12-29-10-2-11-30-15-18-3-8-23-19(13-18)16-31-20-4-6-22-7-5-20/h3-8,13-14H,2,9-12,15-16H2,1H3. The van der Waals surface area contributed by atoms with E-state index in [1.54, 1.807) is 23.3 Å². The fraction of sp³-hybridized carbons (Fsp3) is 0.381. The third-order valence-corrected chi connectivity index (χ3v) is 7.65. The summed E-state index contributed by atoms with van der Waals surface area (Å²) in [6, 6.07) is 8.30. The third-order valence-electron chi connectivity index (χ3n) is 4.44. The minimum Gasteiger partial charge on any atom is -0.358 e. The van der Waals surface area contributed by atoms with Crippen LogP contribution in [0.5, 0.6) is 0 Å². The molecule has 10 heteroatoms. The number of thioether (sulfide) groups is 3. The van der Waals surface area contributed by atoms with Gasteiger partial charge in [0.05, 0.1) is 5.69 Å². The van der Waals surface area contributed by atoms with Crippen molar-refractivity contribution in [1.29, 1.82) is 0 Å². The van der Waals surface area contributed by atoms with Gasteiger partial charge in [0.2, 0.25) is 0 Å². The average Bonchev–Trinajstić information content (AvgIpc) is 3.16. The van der Waals surface area contributed by atoms with E-state index in [0.717, 1.165) is 40.9 Å². The molecule has 0 unspecified atom stereocenters. The van der Waals surface area contributed by atoms with Crippen LogP contribution >= 0.6 is 35.3 Å². The van der Waals surface area contributed by atoms with E-state index in [1.807, 2.05) is 54.2 Å². The zero-order valence-electron chi connectivity index (χ0n) is 17.3. The van der Waals surface area contributed by atoms with Gasteiger partial charge in [0.25, 0.3) is 0 Å². The van der Waals surface area contributed by atoms with E-state index in [1.165, 1.54) is 16.7 Å². The van der Waals surface area contributed by atoms with Gasteiger partial charge in [-0.3, -0.25) is 9.97 Å². The van der Waals surface area contributed by atoms with Gasteiger partial charge in [-0.2, -0.15) is 23.5 Å². The van der Waals surface area contributed by atoms with Crippen LogP contribution in [0.1, 0.15) is 23.5 Å². The second kappa shape index (κ2) is 12.7. The molecule has 31 heavy (non-hydrogen) atoms. The van der Waals surface area contributed by atoms with Crippen molar-refractivity contribution < 1.29 is 4.92 Å². The van der Waals surface area contributed by atoms with Crippen LogP contribution in [0.15, 0.2) is 53.9 Å². The first-order chi connectivity index (χ1) is 15.1. The molecule has 0 aliphatic carbocycles. The SMILES string of the molecule is Cc1ncc([N+](=O)[O-])n1CCSCCCSCc1ccnc(CSc2ccncc2)c1. The molecule has 0 aromatic carbocycles. The van der Waals surface area contributed by atoms with Gasteiger partial charge in [-0.05, 0) is 52.7 Å². The fourth-order valence-corrected chi connectivity index (χ4v) is 5.62. The van der Waals surface area contributed by atoms with Gasteiger partial charge in [0, 0.05) is 47.7 Å². The number of aromatic nitrogens is 4. The molecule has 164 valence electrons. The van der Waals surface area contributed by atoms with Crippen molar-refractivity contribution >= 4 is 41.1 Å². The molecular formula is C21H25N5O2S3. The van der Waals surface area contributed by atoms with Gasteiger partial charge in [0.1, 0.15) is 12.7 Å². The molecule has 3 aromatic heterocycles. The summed E-state index contributed by atoms with van der Waals surface area (Å²) >= 11 is 5.53. The largest absolute Gasteiger partial charge is 0.358 e. The lowest BCUT2D eigenvalue weighted by Gasteiger charge is -2.06. The molecular weight excluding hydrogens is 450 g/mol. The molecule has 0 spiro atoms. The predicted molar refractivity (Wildman–Crippen MR) is 130 cm³/mol. The van der Waals surface area contributed by atoms with Gasteiger partial charge < -0.3 is 10.1 Å². The predicted octanol–water partition coefficient (Wildman–Crippen LogP) is 5.24. The molecule has 0 saturated heterocycles. The smallest absolute Gasteiger partial charge is 0.342 e. The summed E-state index contributed by atoms with van der Waals surface area (Å²) in [5.74, 6) is 5.61. The molecule has 3 aromatic rings. The van der Waals surface area contributed by atoms with Crippen LogP contribution < -0.4 is 0 Å². The van der Waals surface area contributed by atoms with Crippen molar-refractivity contribution in [2.24, 2.45) is 0 Å². The highest BCUT2D eigenvalue weighted by atomic mass is 32.2. The lowest BCUT2D eigenvalue weighted by Crippen LogP contribution is -2.07. The van der Waals surface area contributed by atoms with Crippen molar-refractivity contribution in [2.45, 2.75) is 36.3 Å². The van der Waals surface area contributed by atoms with Crippen LogP contribution in [0.3, 0.4) is 0 Å². The van der Waals surface area contributed by atoms with Gasteiger partial charge in [-0.25, -0.2) is 9.55 Å². The average molecular weight is 476 g/mol. The topological polar surface area (TPSA) is 86.7 Å². The van der Waals surface area contributed by atoms with Crippen molar-refractivity contribution in [2.75, 3.05) is 17.3 Å². The normalized spacial score (nSPS) is 11.0. The number of aryl methyl sites for hydroxylation is 1. The van der Waals surface area contributed by atoms with E-state index in [2.05, 4.69) is 27.1 Å². The summed E-state index contributed by atoms with van der Waals surface area (Å²) < 4.78 is 1.68. The minimum atomic E-state index is -0.371. The maximum atomic E-state index is 11.0. The molecule has 3 heterocycles. The Morgan fingerprint density at radius 1 is 1.03 bits per heavy atom. The van der Waals surface area contributed by atoms with Crippen molar-refractivity contribution in [3.05, 3.63) is 76.2 Å². The zero-order chi connectivity index (χ0) is 21.9. The zero-order valence-corrected chi connectivity index (χ0v) is 19.8. The first kappa shape index (κ1) is 23.6. The number of pyridine rings is 2. The van der Waals surface area contributed by atoms with Crippen LogP contribution in [-0.2, 0) is 18.1 Å². The number of hydrogen-bond acceptors (Lipinski definition) is 8. The van der Waals surface area contributed by atoms with Gasteiger partial charge in [0.15, 0.2) is 5.82 Å². The Labute approximate surface area is 195 Å². The lowest BCUT2D eigenvalue weighted by atomic mass is 10.2. The maximum absolute atomic E-state index is 11.0. The first-order valence-corrected chi connectivity index (χ1v) is 13.2. The van der Waals surface area contributed by atoms with Crippen LogP contribution in [-0.4, -0.2) is 41.7 Å². The first-order valence-electron chi connectivity index (χ1n) is 9.92. The van der Waals surface area contributed by atoms with Crippen molar-refractivity contribution in [1.82, 2.24) is 19.5 Å². The number of nitrogens with zero attached hydrogens (tertiary/aromatic N) is 5. The molecule has 7 nitrogen and oxygen atoms in total. The molecule has 0 aliphatic heterocycles. The Bertz CT molecular complexity index is 969. The molecule has 0 amide bonds. The van der Waals surface area contributed by atoms with Crippen molar-refractivity contribution in [3.63, 3.8) is 0 Å². The Balaban J connectivity index is 1.29. The van der Waals surface area contributed by atoms with Gasteiger partial charge in [-0.15, -0.1) is 11.8 Å². The summed E-state index contributed by atoms with van der Waals surface area (Å²) in [7, 11) is 0. The lowest BCUT2D eigenvalue weighted by molar-refractivity contribution is -0.392. The van der Waals surface area contributed by atoms with E-state index < -0.39 is 0 Å². The van der Waals surface area contributed by atoms with E-state index in [4.69, 9.17) is 0 Å². The van der Waals surface area contributed by atoms with E-state index in [0.29, 0.717) is 12.4 Å². The molecule has 0 radical (unpaired) electrons. The van der Waals surface area contributed by atoms with Crippen LogP contribution in [0.2, 0.25) is 0 Å². The summed E-state index contributed by atoms with van der Waals surface area (Å²) in [5.41, 5.74) is 2.40. The van der Waals surface area contributed by atoms with Crippen LogP contribution in [0.25, 0.3) is 0 Å². The summed E-state index contributed by atoms with van der Waals surface area (Å²) in [5, 5.41) is 11.0.